The molecule has 1 aromatic carbocycles. The van der Waals surface area contributed by atoms with Crippen LogP contribution in [0.2, 0.25) is 0 Å². The van der Waals surface area contributed by atoms with Gasteiger partial charge >= 0.3 is 5.97 Å². The molecular weight excluding hydrogens is 242 g/mol. The summed E-state index contributed by atoms with van der Waals surface area (Å²) in [4.78, 5) is 13.5. The van der Waals surface area contributed by atoms with E-state index in [1.807, 2.05) is 29.2 Å². The van der Waals surface area contributed by atoms with Crippen molar-refractivity contribution in [3.05, 3.63) is 42.5 Å². The van der Waals surface area contributed by atoms with Crippen molar-refractivity contribution in [2.75, 3.05) is 26.8 Å². The molecular formula is C15H21NO3. The first-order valence-electron chi connectivity index (χ1n) is 6.31. The summed E-state index contributed by atoms with van der Waals surface area (Å²) in [5.74, 6) is 0.597. The van der Waals surface area contributed by atoms with Gasteiger partial charge in [-0.1, -0.05) is 18.2 Å². The van der Waals surface area contributed by atoms with E-state index in [0.29, 0.717) is 19.7 Å². The molecule has 0 saturated carbocycles. The first-order valence-corrected chi connectivity index (χ1v) is 6.31. The van der Waals surface area contributed by atoms with Crippen molar-refractivity contribution in [2.24, 2.45) is 0 Å². The van der Waals surface area contributed by atoms with Crippen LogP contribution in [0.4, 0.5) is 0 Å². The number of rotatable bonds is 8. The number of hydrogen-bond acceptors (Lipinski definition) is 4. The topological polar surface area (TPSA) is 38.8 Å². The SMILES string of the molecule is C=CCN(CC(=O)OCC)Cc1cccc(OC)c1. The molecule has 0 aliphatic heterocycles. The molecule has 0 unspecified atom stereocenters. The third-order valence-electron chi connectivity index (χ3n) is 2.59. The number of carbonyl (C=O) groups is 1. The van der Waals surface area contributed by atoms with Gasteiger partial charge in [-0.3, -0.25) is 9.69 Å². The monoisotopic (exact) mass is 263 g/mol. The molecule has 0 N–H and O–H groups in total. The summed E-state index contributed by atoms with van der Waals surface area (Å²) in [6, 6.07) is 7.79. The number of methoxy groups -OCH3 is 1. The Morgan fingerprint density at radius 3 is 2.89 bits per heavy atom. The van der Waals surface area contributed by atoms with Gasteiger partial charge < -0.3 is 9.47 Å². The van der Waals surface area contributed by atoms with Crippen molar-refractivity contribution >= 4 is 5.97 Å². The lowest BCUT2D eigenvalue weighted by molar-refractivity contribution is -0.144. The van der Waals surface area contributed by atoms with Crippen LogP contribution in [0.25, 0.3) is 0 Å². The summed E-state index contributed by atoms with van der Waals surface area (Å²) in [5, 5.41) is 0. The van der Waals surface area contributed by atoms with E-state index in [2.05, 4.69) is 6.58 Å². The quantitative estimate of drug-likeness (QED) is 0.532. The molecule has 19 heavy (non-hydrogen) atoms. The molecule has 1 aromatic rings. The highest BCUT2D eigenvalue weighted by Crippen LogP contribution is 2.14. The molecule has 0 saturated heterocycles. The Hall–Kier alpha value is -1.81. The minimum atomic E-state index is -0.216. The molecule has 104 valence electrons. The summed E-state index contributed by atoms with van der Waals surface area (Å²) in [7, 11) is 1.64. The van der Waals surface area contributed by atoms with Gasteiger partial charge in [0.2, 0.25) is 0 Å². The van der Waals surface area contributed by atoms with E-state index in [0.717, 1.165) is 11.3 Å². The van der Waals surface area contributed by atoms with Crippen LogP contribution in [0.1, 0.15) is 12.5 Å². The molecule has 0 aliphatic carbocycles. The predicted octanol–water partition coefficient (Wildman–Crippen LogP) is 2.25. The zero-order valence-corrected chi connectivity index (χ0v) is 11.6. The molecule has 0 spiro atoms. The molecule has 0 amide bonds. The molecule has 0 heterocycles. The lowest BCUT2D eigenvalue weighted by atomic mass is 10.2. The first kappa shape index (κ1) is 15.2. The maximum absolute atomic E-state index is 11.5. The van der Waals surface area contributed by atoms with E-state index >= 15 is 0 Å². The Balaban J connectivity index is 2.65. The fraction of sp³-hybridized carbons (Fsp3) is 0.400. The minimum Gasteiger partial charge on any atom is -0.497 e. The molecule has 4 nitrogen and oxygen atoms in total. The maximum Gasteiger partial charge on any atom is 0.320 e. The van der Waals surface area contributed by atoms with Gasteiger partial charge in [0.25, 0.3) is 0 Å². The zero-order valence-electron chi connectivity index (χ0n) is 11.6. The van der Waals surface area contributed by atoms with Crippen LogP contribution < -0.4 is 4.74 Å². The van der Waals surface area contributed by atoms with Crippen molar-refractivity contribution < 1.29 is 14.3 Å². The van der Waals surface area contributed by atoms with Gasteiger partial charge in [0.15, 0.2) is 0 Å². The normalized spacial score (nSPS) is 10.3. The molecule has 1 rings (SSSR count). The Bertz CT molecular complexity index is 418. The molecule has 0 fully saturated rings. The van der Waals surface area contributed by atoms with Crippen LogP contribution in [0, 0.1) is 0 Å². The average Bonchev–Trinajstić information content (AvgIpc) is 2.39. The molecule has 4 heteroatoms. The van der Waals surface area contributed by atoms with Gasteiger partial charge in [-0.2, -0.15) is 0 Å². The van der Waals surface area contributed by atoms with Gasteiger partial charge in [0.1, 0.15) is 5.75 Å². The third kappa shape index (κ3) is 5.57. The van der Waals surface area contributed by atoms with Crippen molar-refractivity contribution in [1.82, 2.24) is 4.90 Å². The highest BCUT2D eigenvalue weighted by atomic mass is 16.5. The van der Waals surface area contributed by atoms with Crippen molar-refractivity contribution in [1.29, 1.82) is 0 Å². The predicted molar refractivity (Wildman–Crippen MR) is 75.1 cm³/mol. The van der Waals surface area contributed by atoms with E-state index in [-0.39, 0.29) is 12.5 Å². The van der Waals surface area contributed by atoms with Crippen LogP contribution >= 0.6 is 0 Å². The summed E-state index contributed by atoms with van der Waals surface area (Å²) >= 11 is 0. The van der Waals surface area contributed by atoms with E-state index in [9.17, 15) is 4.79 Å². The summed E-state index contributed by atoms with van der Waals surface area (Å²) in [6.07, 6.45) is 1.78. The van der Waals surface area contributed by atoms with Gasteiger partial charge in [-0.05, 0) is 24.6 Å². The van der Waals surface area contributed by atoms with Crippen LogP contribution in [-0.2, 0) is 16.1 Å². The van der Waals surface area contributed by atoms with E-state index in [4.69, 9.17) is 9.47 Å². The van der Waals surface area contributed by atoms with Gasteiger partial charge in [-0.25, -0.2) is 0 Å². The lowest BCUT2D eigenvalue weighted by Gasteiger charge is -2.19. The number of hydrogen-bond donors (Lipinski definition) is 0. The van der Waals surface area contributed by atoms with Gasteiger partial charge in [0, 0.05) is 13.1 Å². The van der Waals surface area contributed by atoms with Crippen LogP contribution in [-0.4, -0.2) is 37.7 Å². The highest BCUT2D eigenvalue weighted by Gasteiger charge is 2.11. The number of nitrogens with zero attached hydrogens (tertiary/aromatic N) is 1. The van der Waals surface area contributed by atoms with E-state index < -0.39 is 0 Å². The fourth-order valence-electron chi connectivity index (χ4n) is 1.79. The standard InChI is InChI=1S/C15H21NO3/c1-4-9-16(12-15(17)19-5-2)11-13-7-6-8-14(10-13)18-3/h4,6-8,10H,1,5,9,11-12H2,2-3H3. The summed E-state index contributed by atoms with van der Waals surface area (Å²) < 4.78 is 10.1. The Morgan fingerprint density at radius 1 is 1.47 bits per heavy atom. The molecule has 0 radical (unpaired) electrons. The lowest BCUT2D eigenvalue weighted by Crippen LogP contribution is -2.30. The number of esters is 1. The smallest absolute Gasteiger partial charge is 0.320 e. The van der Waals surface area contributed by atoms with Crippen molar-refractivity contribution in [2.45, 2.75) is 13.5 Å². The number of ether oxygens (including phenoxy) is 2. The fourth-order valence-corrected chi connectivity index (χ4v) is 1.79. The Kier molecular flexibility index (Phi) is 6.68. The molecule has 0 bridgehead atoms. The second-order valence-corrected chi connectivity index (χ2v) is 4.11. The summed E-state index contributed by atoms with van der Waals surface area (Å²) in [6.45, 7) is 7.47. The zero-order chi connectivity index (χ0) is 14.1. The van der Waals surface area contributed by atoms with Crippen molar-refractivity contribution in [3.63, 3.8) is 0 Å². The minimum absolute atomic E-state index is 0.216. The van der Waals surface area contributed by atoms with Crippen LogP contribution in [0.5, 0.6) is 5.75 Å². The second kappa shape index (κ2) is 8.32. The van der Waals surface area contributed by atoms with E-state index in [1.165, 1.54) is 0 Å². The molecule has 0 aromatic heterocycles. The molecule has 0 atom stereocenters. The van der Waals surface area contributed by atoms with Gasteiger partial charge in [0.05, 0.1) is 20.3 Å². The van der Waals surface area contributed by atoms with E-state index in [1.54, 1.807) is 20.1 Å². The van der Waals surface area contributed by atoms with Crippen LogP contribution in [0.15, 0.2) is 36.9 Å². The number of benzene rings is 1. The average molecular weight is 263 g/mol. The Morgan fingerprint density at radius 2 is 2.26 bits per heavy atom. The maximum atomic E-state index is 11.5. The first-order chi connectivity index (χ1) is 9.19. The number of carbonyl (C=O) groups excluding carboxylic acids is 1. The largest absolute Gasteiger partial charge is 0.497 e. The van der Waals surface area contributed by atoms with Crippen molar-refractivity contribution in [3.8, 4) is 5.75 Å². The third-order valence-corrected chi connectivity index (χ3v) is 2.59. The van der Waals surface area contributed by atoms with Gasteiger partial charge in [-0.15, -0.1) is 6.58 Å². The van der Waals surface area contributed by atoms with Crippen LogP contribution in [0.3, 0.4) is 0 Å². The summed E-state index contributed by atoms with van der Waals surface area (Å²) in [5.41, 5.74) is 1.09. The Labute approximate surface area is 114 Å². The molecule has 0 aliphatic rings. The highest BCUT2D eigenvalue weighted by molar-refractivity contribution is 5.71. The second-order valence-electron chi connectivity index (χ2n) is 4.11.